The first kappa shape index (κ1) is 14.3. The Morgan fingerprint density at radius 1 is 1.00 bits per heavy atom. The van der Waals surface area contributed by atoms with Gasteiger partial charge >= 0.3 is 5.97 Å². The summed E-state index contributed by atoms with van der Waals surface area (Å²) >= 11 is 0. The zero-order valence-corrected chi connectivity index (χ0v) is 12.2. The molecule has 3 rings (SSSR count). The number of esters is 1. The normalized spacial score (nSPS) is 23.8. The van der Waals surface area contributed by atoms with Gasteiger partial charge in [-0.1, -0.05) is 60.7 Å². The molecule has 3 heteroatoms. The number of rotatable bonds is 4. The highest BCUT2D eigenvalue weighted by Gasteiger charge is 2.45. The van der Waals surface area contributed by atoms with Crippen LogP contribution in [0.3, 0.4) is 0 Å². The van der Waals surface area contributed by atoms with Crippen LogP contribution in [0, 0.1) is 17.2 Å². The fraction of sp³-hybridized carbons (Fsp3) is 0.263. The van der Waals surface area contributed by atoms with E-state index in [1.807, 2.05) is 48.5 Å². The van der Waals surface area contributed by atoms with Gasteiger partial charge < -0.3 is 4.74 Å². The molecule has 3 nitrogen and oxygen atoms in total. The Labute approximate surface area is 130 Å². The molecular weight excluding hydrogens is 274 g/mol. The van der Waals surface area contributed by atoms with E-state index in [0.717, 1.165) is 18.4 Å². The van der Waals surface area contributed by atoms with E-state index in [1.165, 1.54) is 5.56 Å². The average Bonchev–Trinajstić information content (AvgIpc) is 2.90. The van der Waals surface area contributed by atoms with Gasteiger partial charge in [-0.25, -0.2) is 0 Å². The lowest BCUT2D eigenvalue weighted by molar-refractivity contribution is -0.143. The molecule has 0 bridgehead atoms. The van der Waals surface area contributed by atoms with Crippen LogP contribution in [0.25, 0.3) is 0 Å². The van der Waals surface area contributed by atoms with E-state index in [1.54, 1.807) is 0 Å². The van der Waals surface area contributed by atoms with Crippen LogP contribution < -0.4 is 0 Å². The van der Waals surface area contributed by atoms with E-state index in [4.69, 9.17) is 4.74 Å². The van der Waals surface area contributed by atoms with Crippen molar-refractivity contribution >= 4 is 5.97 Å². The third-order valence-corrected chi connectivity index (χ3v) is 4.17. The highest BCUT2D eigenvalue weighted by molar-refractivity contribution is 5.79. The molecule has 2 aromatic carbocycles. The van der Waals surface area contributed by atoms with E-state index in [-0.39, 0.29) is 12.0 Å². The second kappa shape index (κ2) is 6.44. The molecule has 1 fully saturated rings. The number of carbonyl (C=O) groups is 1. The fourth-order valence-corrected chi connectivity index (χ4v) is 3.06. The van der Waals surface area contributed by atoms with Gasteiger partial charge in [0.1, 0.15) is 6.10 Å². The van der Waals surface area contributed by atoms with E-state index in [2.05, 4.69) is 18.2 Å². The molecule has 1 heterocycles. The van der Waals surface area contributed by atoms with Gasteiger partial charge in [-0.05, 0) is 24.0 Å². The molecule has 0 spiro atoms. The van der Waals surface area contributed by atoms with Crippen LogP contribution in [0.1, 0.15) is 23.5 Å². The summed E-state index contributed by atoms with van der Waals surface area (Å²) in [5.74, 6) is -1.28. The summed E-state index contributed by atoms with van der Waals surface area (Å²) in [6.45, 7) is 0. The van der Waals surface area contributed by atoms with Crippen LogP contribution in [-0.2, 0) is 16.0 Å². The van der Waals surface area contributed by atoms with Crippen LogP contribution in [0.2, 0.25) is 0 Å². The van der Waals surface area contributed by atoms with Gasteiger partial charge in [0.05, 0.1) is 6.07 Å². The first-order chi connectivity index (χ1) is 10.8. The molecule has 0 aliphatic carbocycles. The molecule has 3 atom stereocenters. The lowest BCUT2D eigenvalue weighted by atomic mass is 9.83. The van der Waals surface area contributed by atoms with E-state index in [0.29, 0.717) is 0 Å². The van der Waals surface area contributed by atoms with Crippen LogP contribution in [-0.4, -0.2) is 12.1 Å². The maximum Gasteiger partial charge on any atom is 0.324 e. The summed E-state index contributed by atoms with van der Waals surface area (Å²) in [6.07, 6.45) is 1.33. The Morgan fingerprint density at radius 3 is 2.27 bits per heavy atom. The van der Waals surface area contributed by atoms with Gasteiger partial charge in [-0.15, -0.1) is 0 Å². The minimum atomic E-state index is -0.705. The zero-order valence-electron chi connectivity index (χ0n) is 12.2. The Morgan fingerprint density at radius 2 is 1.64 bits per heavy atom. The number of nitriles is 1. The molecule has 0 radical (unpaired) electrons. The summed E-state index contributed by atoms with van der Waals surface area (Å²) in [5.41, 5.74) is 2.21. The van der Waals surface area contributed by atoms with Gasteiger partial charge in [0.15, 0.2) is 5.92 Å². The van der Waals surface area contributed by atoms with Crippen LogP contribution in [0.15, 0.2) is 60.7 Å². The smallest absolute Gasteiger partial charge is 0.324 e. The Bertz CT molecular complexity index is 676. The molecule has 0 N–H and O–H groups in total. The monoisotopic (exact) mass is 291 g/mol. The van der Waals surface area contributed by atoms with Crippen molar-refractivity contribution in [3.05, 3.63) is 71.8 Å². The molecule has 0 amide bonds. The molecule has 0 aromatic heterocycles. The van der Waals surface area contributed by atoms with Crippen LogP contribution in [0.4, 0.5) is 0 Å². The van der Waals surface area contributed by atoms with Gasteiger partial charge in [-0.3, -0.25) is 4.79 Å². The topological polar surface area (TPSA) is 50.1 Å². The SMILES string of the molecule is N#C[C@@H]1C(=O)OC(CCc2ccccc2)[C@H]1c1ccccc1. The van der Waals surface area contributed by atoms with Crippen molar-refractivity contribution in [2.45, 2.75) is 24.9 Å². The molecule has 1 aliphatic rings. The predicted molar refractivity (Wildman–Crippen MR) is 82.9 cm³/mol. The number of carbonyl (C=O) groups excluding carboxylic acids is 1. The summed E-state index contributed by atoms with van der Waals surface area (Å²) in [5, 5.41) is 9.32. The second-order valence-corrected chi connectivity index (χ2v) is 5.54. The molecule has 22 heavy (non-hydrogen) atoms. The Balaban J connectivity index is 1.80. The Kier molecular flexibility index (Phi) is 4.20. The van der Waals surface area contributed by atoms with Crippen molar-refractivity contribution in [3.63, 3.8) is 0 Å². The number of aryl methyl sites for hydroxylation is 1. The van der Waals surface area contributed by atoms with Gasteiger partial charge in [0.2, 0.25) is 0 Å². The molecule has 1 unspecified atom stereocenters. The molecular formula is C19H17NO2. The quantitative estimate of drug-likeness (QED) is 0.810. The van der Waals surface area contributed by atoms with Crippen molar-refractivity contribution in [3.8, 4) is 6.07 Å². The van der Waals surface area contributed by atoms with Crippen molar-refractivity contribution in [1.82, 2.24) is 0 Å². The Hall–Kier alpha value is -2.60. The molecule has 110 valence electrons. The van der Waals surface area contributed by atoms with Crippen molar-refractivity contribution in [2.24, 2.45) is 5.92 Å². The lowest BCUT2D eigenvalue weighted by Gasteiger charge is -2.19. The number of cyclic esters (lactones) is 1. The van der Waals surface area contributed by atoms with E-state index in [9.17, 15) is 10.1 Å². The van der Waals surface area contributed by atoms with E-state index < -0.39 is 11.9 Å². The van der Waals surface area contributed by atoms with Gasteiger partial charge in [-0.2, -0.15) is 5.26 Å². The third-order valence-electron chi connectivity index (χ3n) is 4.17. The molecule has 1 saturated heterocycles. The lowest BCUT2D eigenvalue weighted by Crippen LogP contribution is -2.19. The maximum atomic E-state index is 12.0. The largest absolute Gasteiger partial charge is 0.461 e. The summed E-state index contributed by atoms with van der Waals surface area (Å²) in [4.78, 5) is 12.0. The highest BCUT2D eigenvalue weighted by atomic mass is 16.6. The minimum Gasteiger partial charge on any atom is -0.461 e. The third kappa shape index (κ3) is 2.87. The van der Waals surface area contributed by atoms with Crippen molar-refractivity contribution in [1.29, 1.82) is 5.26 Å². The predicted octanol–water partition coefficient (Wildman–Crippen LogP) is 3.47. The molecule has 1 aliphatic heterocycles. The number of ether oxygens (including phenoxy) is 1. The van der Waals surface area contributed by atoms with Crippen molar-refractivity contribution < 1.29 is 9.53 Å². The number of hydrogen-bond donors (Lipinski definition) is 0. The number of nitrogens with zero attached hydrogens (tertiary/aromatic N) is 1. The summed E-state index contributed by atoms with van der Waals surface area (Å²) in [6, 6.07) is 22.0. The number of benzene rings is 2. The van der Waals surface area contributed by atoms with E-state index >= 15 is 0 Å². The zero-order chi connectivity index (χ0) is 15.4. The average molecular weight is 291 g/mol. The first-order valence-corrected chi connectivity index (χ1v) is 7.48. The molecule has 0 saturated carbocycles. The fourth-order valence-electron chi connectivity index (χ4n) is 3.06. The standard InChI is InChI=1S/C19H17NO2/c20-13-16-18(15-9-5-2-6-10-15)17(22-19(16)21)12-11-14-7-3-1-4-8-14/h1-10,16-18H,11-12H2/t16-,17?,18-/m0/s1. The van der Waals surface area contributed by atoms with Crippen LogP contribution in [0.5, 0.6) is 0 Å². The minimum absolute atomic E-state index is 0.178. The first-order valence-electron chi connectivity index (χ1n) is 7.48. The highest BCUT2D eigenvalue weighted by Crippen LogP contribution is 2.38. The maximum absolute atomic E-state index is 12.0. The summed E-state index contributed by atoms with van der Waals surface area (Å²) < 4.78 is 5.49. The summed E-state index contributed by atoms with van der Waals surface area (Å²) in [7, 11) is 0. The van der Waals surface area contributed by atoms with Gasteiger partial charge in [0, 0.05) is 5.92 Å². The van der Waals surface area contributed by atoms with Crippen molar-refractivity contribution in [2.75, 3.05) is 0 Å². The second-order valence-electron chi connectivity index (χ2n) is 5.54. The van der Waals surface area contributed by atoms with Crippen LogP contribution >= 0.6 is 0 Å². The molecule has 2 aromatic rings. The number of hydrogen-bond acceptors (Lipinski definition) is 3. The van der Waals surface area contributed by atoms with Gasteiger partial charge in [0.25, 0.3) is 0 Å².